The lowest BCUT2D eigenvalue weighted by atomic mass is 10.2. The van der Waals surface area contributed by atoms with Crippen LogP contribution in [0.3, 0.4) is 0 Å². The lowest BCUT2D eigenvalue weighted by molar-refractivity contribution is 0.0929. The maximum absolute atomic E-state index is 12.0. The van der Waals surface area contributed by atoms with Gasteiger partial charge in [0.25, 0.3) is 0 Å². The minimum absolute atomic E-state index is 0.0917. The van der Waals surface area contributed by atoms with Gasteiger partial charge in [0, 0.05) is 15.4 Å². The molecule has 1 heterocycles. The van der Waals surface area contributed by atoms with E-state index in [0.29, 0.717) is 11.1 Å². The highest BCUT2D eigenvalue weighted by atomic mass is 79.9. The zero-order chi connectivity index (χ0) is 15.5. The molecule has 1 aromatic heterocycles. The summed E-state index contributed by atoms with van der Waals surface area (Å²) in [6, 6.07) is 13.8. The first-order valence-electron chi connectivity index (χ1n) is 6.44. The molecule has 2 N–H and O–H groups in total. The minimum Gasteiger partial charge on any atom is -0.507 e. The highest BCUT2D eigenvalue weighted by Crippen LogP contribution is 2.23. The first-order valence-corrected chi connectivity index (χ1v) is 7.23. The van der Waals surface area contributed by atoms with E-state index in [1.807, 2.05) is 12.1 Å². The number of phenols is 1. The maximum Gasteiger partial charge on any atom is 0.307 e. The average Bonchev–Trinajstić information content (AvgIpc) is 2.92. The number of aromatic hydroxyl groups is 1. The van der Waals surface area contributed by atoms with Gasteiger partial charge in [0.2, 0.25) is 0 Å². The standard InChI is InChI=1S/C16H11BrN2O3/c17-12-5-6-14-11(7-12)8-15(22-14)16(21)19-18-9-10-3-1-2-4-13(10)20/h1-9,20H,(H,19,21)/b18-9-. The second kappa shape index (κ2) is 6.03. The van der Waals surface area contributed by atoms with E-state index < -0.39 is 5.91 Å². The fourth-order valence-electron chi connectivity index (χ4n) is 1.94. The van der Waals surface area contributed by atoms with Gasteiger partial charge in [0.15, 0.2) is 5.76 Å². The maximum atomic E-state index is 12.0. The number of amides is 1. The van der Waals surface area contributed by atoms with Crippen molar-refractivity contribution in [2.45, 2.75) is 0 Å². The van der Waals surface area contributed by atoms with Crippen LogP contribution in [0.4, 0.5) is 0 Å². The van der Waals surface area contributed by atoms with Crippen molar-refractivity contribution in [2.75, 3.05) is 0 Å². The molecule has 0 saturated carbocycles. The largest absolute Gasteiger partial charge is 0.507 e. The molecule has 1 amide bonds. The van der Waals surface area contributed by atoms with Gasteiger partial charge >= 0.3 is 5.91 Å². The van der Waals surface area contributed by atoms with E-state index in [1.165, 1.54) is 6.21 Å². The summed E-state index contributed by atoms with van der Waals surface area (Å²) in [4.78, 5) is 12.0. The van der Waals surface area contributed by atoms with E-state index in [9.17, 15) is 9.90 Å². The normalized spacial score (nSPS) is 11.1. The number of hydrogen-bond donors (Lipinski definition) is 2. The van der Waals surface area contributed by atoms with Gasteiger partial charge in [-0.2, -0.15) is 5.10 Å². The molecular weight excluding hydrogens is 348 g/mol. The molecule has 3 aromatic rings. The van der Waals surface area contributed by atoms with Gasteiger partial charge in [-0.3, -0.25) is 4.79 Å². The topological polar surface area (TPSA) is 74.8 Å². The SMILES string of the molecule is O=C(N/N=C\c1ccccc1O)c1cc2cc(Br)ccc2o1. The summed E-state index contributed by atoms with van der Waals surface area (Å²) >= 11 is 3.36. The molecule has 0 aliphatic carbocycles. The summed E-state index contributed by atoms with van der Waals surface area (Å²) in [5.74, 6) is -0.199. The Labute approximate surface area is 134 Å². The number of fused-ring (bicyclic) bond motifs is 1. The molecule has 5 nitrogen and oxygen atoms in total. The van der Waals surface area contributed by atoms with E-state index in [-0.39, 0.29) is 11.5 Å². The number of nitrogens with one attached hydrogen (secondary N) is 1. The van der Waals surface area contributed by atoms with Crippen molar-refractivity contribution < 1.29 is 14.3 Å². The fourth-order valence-corrected chi connectivity index (χ4v) is 2.32. The van der Waals surface area contributed by atoms with Gasteiger partial charge in [0.05, 0.1) is 6.21 Å². The Hall–Kier alpha value is -2.60. The lowest BCUT2D eigenvalue weighted by Crippen LogP contribution is -2.16. The molecule has 0 unspecified atom stereocenters. The molecule has 2 aromatic carbocycles. The van der Waals surface area contributed by atoms with Crippen LogP contribution in [0.15, 0.2) is 62.5 Å². The molecular formula is C16H11BrN2O3. The number of nitrogens with zero attached hydrogens (tertiary/aromatic N) is 1. The van der Waals surface area contributed by atoms with Crippen molar-refractivity contribution in [3.05, 3.63) is 64.3 Å². The Bertz CT molecular complexity index is 871. The molecule has 110 valence electrons. The number of para-hydroxylation sites is 1. The predicted octanol–water partition coefficient (Wildman–Crippen LogP) is 3.66. The van der Waals surface area contributed by atoms with Crippen LogP contribution in [-0.4, -0.2) is 17.2 Å². The summed E-state index contributed by atoms with van der Waals surface area (Å²) in [5.41, 5.74) is 3.50. The van der Waals surface area contributed by atoms with Crippen LogP contribution in [0.2, 0.25) is 0 Å². The number of carbonyl (C=O) groups excluding carboxylic acids is 1. The molecule has 0 bridgehead atoms. The highest BCUT2D eigenvalue weighted by Gasteiger charge is 2.11. The fraction of sp³-hybridized carbons (Fsp3) is 0. The smallest absolute Gasteiger partial charge is 0.307 e. The number of hydrogen-bond acceptors (Lipinski definition) is 4. The number of furan rings is 1. The van der Waals surface area contributed by atoms with Crippen LogP contribution in [0.5, 0.6) is 5.75 Å². The van der Waals surface area contributed by atoms with Gasteiger partial charge in [-0.15, -0.1) is 0 Å². The molecule has 0 aliphatic rings. The molecule has 0 atom stereocenters. The number of halogens is 1. The number of carbonyl (C=O) groups is 1. The van der Waals surface area contributed by atoms with E-state index in [2.05, 4.69) is 26.5 Å². The average molecular weight is 359 g/mol. The number of hydrazone groups is 1. The van der Waals surface area contributed by atoms with E-state index >= 15 is 0 Å². The van der Waals surface area contributed by atoms with Crippen LogP contribution in [0.1, 0.15) is 16.1 Å². The van der Waals surface area contributed by atoms with Gasteiger partial charge < -0.3 is 9.52 Å². The van der Waals surface area contributed by atoms with Gasteiger partial charge in [-0.1, -0.05) is 28.1 Å². The van der Waals surface area contributed by atoms with Crippen molar-refractivity contribution in [1.82, 2.24) is 5.43 Å². The molecule has 22 heavy (non-hydrogen) atoms. The Morgan fingerprint density at radius 1 is 1.23 bits per heavy atom. The number of rotatable bonds is 3. The molecule has 6 heteroatoms. The molecule has 0 aliphatic heterocycles. The number of benzene rings is 2. The zero-order valence-electron chi connectivity index (χ0n) is 11.3. The van der Waals surface area contributed by atoms with Gasteiger partial charge in [-0.25, -0.2) is 5.43 Å². The molecule has 0 saturated heterocycles. The molecule has 0 radical (unpaired) electrons. The summed E-state index contributed by atoms with van der Waals surface area (Å²) in [5, 5.41) is 14.2. The first kappa shape index (κ1) is 14.3. The van der Waals surface area contributed by atoms with Crippen molar-refractivity contribution in [2.24, 2.45) is 5.10 Å². The van der Waals surface area contributed by atoms with Crippen LogP contribution >= 0.6 is 15.9 Å². The third kappa shape index (κ3) is 3.01. The van der Waals surface area contributed by atoms with Crippen molar-refractivity contribution in [3.63, 3.8) is 0 Å². The van der Waals surface area contributed by atoms with Gasteiger partial charge in [0.1, 0.15) is 11.3 Å². The van der Waals surface area contributed by atoms with Crippen molar-refractivity contribution >= 4 is 39.0 Å². The molecule has 0 spiro atoms. The number of phenolic OH excluding ortho intramolecular Hbond substituents is 1. The van der Waals surface area contributed by atoms with Crippen LogP contribution < -0.4 is 5.43 Å². The van der Waals surface area contributed by atoms with Crippen LogP contribution in [0.25, 0.3) is 11.0 Å². The first-order chi connectivity index (χ1) is 10.6. The van der Waals surface area contributed by atoms with Crippen molar-refractivity contribution in [3.8, 4) is 5.75 Å². The van der Waals surface area contributed by atoms with E-state index in [4.69, 9.17) is 4.42 Å². The van der Waals surface area contributed by atoms with E-state index in [0.717, 1.165) is 9.86 Å². The van der Waals surface area contributed by atoms with Gasteiger partial charge in [-0.05, 0) is 36.4 Å². The Balaban J connectivity index is 1.75. The third-order valence-electron chi connectivity index (χ3n) is 3.01. The minimum atomic E-state index is -0.459. The Morgan fingerprint density at radius 2 is 2.05 bits per heavy atom. The van der Waals surface area contributed by atoms with E-state index in [1.54, 1.807) is 36.4 Å². The Morgan fingerprint density at radius 3 is 2.86 bits per heavy atom. The van der Waals surface area contributed by atoms with Crippen LogP contribution in [-0.2, 0) is 0 Å². The predicted molar refractivity (Wildman–Crippen MR) is 87.1 cm³/mol. The highest BCUT2D eigenvalue weighted by molar-refractivity contribution is 9.10. The summed E-state index contributed by atoms with van der Waals surface area (Å²) in [6.45, 7) is 0. The Kier molecular flexibility index (Phi) is 3.93. The second-order valence-electron chi connectivity index (χ2n) is 4.55. The van der Waals surface area contributed by atoms with Crippen LogP contribution in [0, 0.1) is 0 Å². The second-order valence-corrected chi connectivity index (χ2v) is 5.47. The summed E-state index contributed by atoms with van der Waals surface area (Å²) in [6.07, 6.45) is 1.37. The summed E-state index contributed by atoms with van der Waals surface area (Å²) < 4.78 is 6.36. The lowest BCUT2D eigenvalue weighted by Gasteiger charge is -1.97. The quantitative estimate of drug-likeness (QED) is 0.554. The van der Waals surface area contributed by atoms with Crippen molar-refractivity contribution in [1.29, 1.82) is 0 Å². The zero-order valence-corrected chi connectivity index (χ0v) is 12.9. The molecule has 3 rings (SSSR count). The summed E-state index contributed by atoms with van der Waals surface area (Å²) in [7, 11) is 0. The monoisotopic (exact) mass is 358 g/mol. The third-order valence-corrected chi connectivity index (χ3v) is 3.50. The molecule has 0 fully saturated rings.